The smallest absolute Gasteiger partial charge is 0.128 e. The Morgan fingerprint density at radius 3 is 2.76 bits per heavy atom. The maximum Gasteiger partial charge on any atom is 0.128 e. The third-order valence-electron chi connectivity index (χ3n) is 2.78. The number of ether oxygens (including phenoxy) is 1. The zero-order valence-electron chi connectivity index (χ0n) is 11.3. The van der Waals surface area contributed by atoms with Gasteiger partial charge in [0.05, 0.1) is 12.8 Å². The third kappa shape index (κ3) is 3.89. The van der Waals surface area contributed by atoms with E-state index in [0.29, 0.717) is 6.04 Å². The van der Waals surface area contributed by atoms with Gasteiger partial charge in [0.25, 0.3) is 0 Å². The first-order valence-electron chi connectivity index (χ1n) is 5.81. The van der Waals surface area contributed by atoms with Crippen molar-refractivity contribution in [3.05, 3.63) is 23.0 Å². The third-order valence-corrected chi connectivity index (χ3v) is 3.62. The molecule has 0 fully saturated rings. The van der Waals surface area contributed by atoms with Crippen molar-refractivity contribution in [2.45, 2.75) is 33.4 Å². The predicted molar refractivity (Wildman–Crippen MR) is 74.9 cm³/mol. The Bertz CT molecular complexity index is 369. The number of rotatable bonds is 6. The van der Waals surface area contributed by atoms with Crippen LogP contribution in [0.1, 0.15) is 23.7 Å². The first-order valence-corrected chi connectivity index (χ1v) is 7.21. The molecular weight excluding hydrogens is 232 g/mol. The van der Waals surface area contributed by atoms with Gasteiger partial charge in [0.1, 0.15) is 5.75 Å². The van der Waals surface area contributed by atoms with Gasteiger partial charge in [-0.25, -0.2) is 0 Å². The summed E-state index contributed by atoms with van der Waals surface area (Å²) in [6.07, 6.45) is 4.00. The molecule has 1 N–H and O–H groups in total. The van der Waals surface area contributed by atoms with Crippen molar-refractivity contribution >= 4 is 11.8 Å². The molecule has 0 spiro atoms. The topological polar surface area (TPSA) is 34.1 Å². The van der Waals surface area contributed by atoms with Gasteiger partial charge in [-0.3, -0.25) is 4.98 Å². The van der Waals surface area contributed by atoms with E-state index in [2.05, 4.69) is 30.4 Å². The minimum absolute atomic E-state index is 0.499. The van der Waals surface area contributed by atoms with Crippen molar-refractivity contribution in [2.75, 3.05) is 19.1 Å². The summed E-state index contributed by atoms with van der Waals surface area (Å²) < 4.78 is 5.40. The fraction of sp³-hybridized carbons (Fsp3) is 0.615. The number of methoxy groups -OCH3 is 1. The molecule has 0 amide bonds. The first kappa shape index (κ1) is 14.3. The molecule has 1 unspecified atom stereocenters. The van der Waals surface area contributed by atoms with Crippen LogP contribution in [0.4, 0.5) is 0 Å². The minimum Gasteiger partial charge on any atom is -0.496 e. The Morgan fingerprint density at radius 1 is 1.47 bits per heavy atom. The Kier molecular flexibility index (Phi) is 5.78. The van der Waals surface area contributed by atoms with Crippen LogP contribution in [-0.4, -0.2) is 30.1 Å². The van der Waals surface area contributed by atoms with E-state index in [1.165, 1.54) is 0 Å². The summed E-state index contributed by atoms with van der Waals surface area (Å²) in [7, 11) is 1.71. The van der Waals surface area contributed by atoms with Crippen LogP contribution in [0.15, 0.2) is 6.20 Å². The molecule has 1 aromatic heterocycles. The lowest BCUT2D eigenvalue weighted by molar-refractivity contribution is 0.406. The van der Waals surface area contributed by atoms with Crippen LogP contribution in [0.25, 0.3) is 0 Å². The van der Waals surface area contributed by atoms with Gasteiger partial charge < -0.3 is 10.1 Å². The second-order valence-electron chi connectivity index (χ2n) is 4.28. The van der Waals surface area contributed by atoms with Gasteiger partial charge in [-0.15, -0.1) is 0 Å². The summed E-state index contributed by atoms with van der Waals surface area (Å²) in [4.78, 5) is 4.47. The number of aryl methyl sites for hydroxylation is 1. The second-order valence-corrected chi connectivity index (χ2v) is 5.19. The van der Waals surface area contributed by atoms with Gasteiger partial charge in [0.2, 0.25) is 0 Å². The van der Waals surface area contributed by atoms with Gasteiger partial charge in [0.15, 0.2) is 0 Å². The van der Waals surface area contributed by atoms with Gasteiger partial charge in [-0.1, -0.05) is 0 Å². The van der Waals surface area contributed by atoms with Crippen LogP contribution in [0.5, 0.6) is 5.75 Å². The van der Waals surface area contributed by atoms with Gasteiger partial charge in [-0.2, -0.15) is 11.8 Å². The normalized spacial score (nSPS) is 12.5. The number of nitrogens with zero attached hydrogens (tertiary/aromatic N) is 1. The van der Waals surface area contributed by atoms with Crippen LogP contribution in [-0.2, 0) is 6.54 Å². The first-order chi connectivity index (χ1) is 8.10. The summed E-state index contributed by atoms with van der Waals surface area (Å²) in [5.41, 5.74) is 3.29. The van der Waals surface area contributed by atoms with Crippen LogP contribution in [0.3, 0.4) is 0 Å². The van der Waals surface area contributed by atoms with Crippen molar-refractivity contribution in [3.63, 3.8) is 0 Å². The maximum absolute atomic E-state index is 5.40. The summed E-state index contributed by atoms with van der Waals surface area (Å²) in [5.74, 6) is 2.07. The van der Waals surface area contributed by atoms with Crippen LogP contribution in [0.2, 0.25) is 0 Å². The van der Waals surface area contributed by atoms with Crippen molar-refractivity contribution in [3.8, 4) is 5.75 Å². The van der Waals surface area contributed by atoms with Crippen molar-refractivity contribution in [1.29, 1.82) is 0 Å². The molecule has 0 saturated carbocycles. The number of hydrogen-bond donors (Lipinski definition) is 1. The Morgan fingerprint density at radius 2 is 2.18 bits per heavy atom. The SMILES string of the molecule is COc1c(C)cnc(CNC(C)CSC)c1C. The molecule has 1 atom stereocenters. The molecule has 0 aliphatic rings. The van der Waals surface area contributed by atoms with E-state index in [1.807, 2.05) is 24.9 Å². The molecule has 1 aromatic rings. The highest BCUT2D eigenvalue weighted by Gasteiger charge is 2.10. The molecule has 3 nitrogen and oxygen atoms in total. The summed E-state index contributed by atoms with van der Waals surface area (Å²) in [6.45, 7) is 7.07. The van der Waals surface area contributed by atoms with Crippen molar-refractivity contribution < 1.29 is 4.74 Å². The van der Waals surface area contributed by atoms with Crippen LogP contribution >= 0.6 is 11.8 Å². The summed E-state index contributed by atoms with van der Waals surface area (Å²) in [6, 6.07) is 0.499. The predicted octanol–water partition coefficient (Wildman–Crippen LogP) is 2.55. The monoisotopic (exact) mass is 254 g/mol. The Balaban J connectivity index is 2.72. The summed E-state index contributed by atoms with van der Waals surface area (Å²) >= 11 is 1.85. The van der Waals surface area contributed by atoms with Gasteiger partial charge in [-0.05, 0) is 27.0 Å². The zero-order valence-corrected chi connectivity index (χ0v) is 12.1. The van der Waals surface area contributed by atoms with E-state index in [4.69, 9.17) is 4.74 Å². The highest BCUT2D eigenvalue weighted by molar-refractivity contribution is 7.98. The lowest BCUT2D eigenvalue weighted by Gasteiger charge is -2.15. The molecule has 96 valence electrons. The molecule has 4 heteroatoms. The number of pyridine rings is 1. The molecule has 1 heterocycles. The second kappa shape index (κ2) is 6.87. The average Bonchev–Trinajstić information content (AvgIpc) is 2.29. The molecule has 0 aliphatic carbocycles. The fourth-order valence-corrected chi connectivity index (χ4v) is 2.45. The van der Waals surface area contributed by atoms with Crippen molar-refractivity contribution in [1.82, 2.24) is 10.3 Å². The number of hydrogen-bond acceptors (Lipinski definition) is 4. The van der Waals surface area contributed by atoms with E-state index in [0.717, 1.165) is 34.9 Å². The average molecular weight is 254 g/mol. The van der Waals surface area contributed by atoms with E-state index >= 15 is 0 Å². The molecular formula is C13H22N2OS. The van der Waals surface area contributed by atoms with Gasteiger partial charge >= 0.3 is 0 Å². The van der Waals surface area contributed by atoms with E-state index in [1.54, 1.807) is 7.11 Å². The molecule has 1 rings (SSSR count). The largest absolute Gasteiger partial charge is 0.496 e. The Hall–Kier alpha value is -0.740. The molecule has 0 aliphatic heterocycles. The fourth-order valence-electron chi connectivity index (χ4n) is 1.83. The highest BCUT2D eigenvalue weighted by Crippen LogP contribution is 2.23. The molecule has 0 bridgehead atoms. The number of thioether (sulfide) groups is 1. The van der Waals surface area contributed by atoms with E-state index < -0.39 is 0 Å². The van der Waals surface area contributed by atoms with Crippen molar-refractivity contribution in [2.24, 2.45) is 0 Å². The molecule has 17 heavy (non-hydrogen) atoms. The summed E-state index contributed by atoms with van der Waals surface area (Å²) in [5, 5.41) is 3.47. The zero-order chi connectivity index (χ0) is 12.8. The molecule has 0 aromatic carbocycles. The van der Waals surface area contributed by atoms with Crippen LogP contribution < -0.4 is 10.1 Å². The Labute approximate surface area is 108 Å². The van der Waals surface area contributed by atoms with Gasteiger partial charge in [0, 0.05) is 35.7 Å². The lowest BCUT2D eigenvalue weighted by atomic mass is 10.1. The number of nitrogens with one attached hydrogen (secondary N) is 1. The standard InChI is InChI=1S/C13H22N2OS/c1-9-6-15-12(11(3)13(9)16-4)7-14-10(2)8-17-5/h6,10,14H,7-8H2,1-5H3. The molecule has 0 saturated heterocycles. The quantitative estimate of drug-likeness (QED) is 0.846. The molecule has 0 radical (unpaired) electrons. The minimum atomic E-state index is 0.499. The highest BCUT2D eigenvalue weighted by atomic mass is 32.2. The lowest BCUT2D eigenvalue weighted by Crippen LogP contribution is -2.28. The van der Waals surface area contributed by atoms with E-state index in [9.17, 15) is 0 Å². The van der Waals surface area contributed by atoms with E-state index in [-0.39, 0.29) is 0 Å². The maximum atomic E-state index is 5.40. The van der Waals surface area contributed by atoms with Crippen LogP contribution in [0, 0.1) is 13.8 Å². The number of aromatic nitrogens is 1.